The average Bonchev–Trinajstić information content (AvgIpc) is 3.24. The predicted molar refractivity (Wildman–Crippen MR) is 80.4 cm³/mol. The van der Waals surface area contributed by atoms with Crippen LogP contribution in [-0.4, -0.2) is 28.9 Å². The standard InChI is InChI=1S/C16H21NOS/c1-19-11-16(18)17(13-9-10-13)15-8-4-6-12-5-2-3-7-14(12)15/h2-3,5,7,13,15H,4,6,8-11H2,1H3. The third-order valence-corrected chi connectivity index (χ3v) is 4.71. The lowest BCUT2D eigenvalue weighted by Crippen LogP contribution is -2.39. The van der Waals surface area contributed by atoms with Gasteiger partial charge in [-0.2, -0.15) is 11.8 Å². The lowest BCUT2D eigenvalue weighted by atomic mass is 9.86. The van der Waals surface area contributed by atoms with Crippen molar-refractivity contribution in [1.82, 2.24) is 4.90 Å². The van der Waals surface area contributed by atoms with E-state index in [1.807, 2.05) is 6.26 Å². The van der Waals surface area contributed by atoms with Gasteiger partial charge in [0.25, 0.3) is 0 Å². The van der Waals surface area contributed by atoms with Crippen LogP contribution in [0.5, 0.6) is 0 Å². The molecule has 0 N–H and O–H groups in total. The molecular formula is C16H21NOS. The van der Waals surface area contributed by atoms with Gasteiger partial charge in [0.15, 0.2) is 0 Å². The molecule has 0 aliphatic heterocycles. The van der Waals surface area contributed by atoms with Crippen molar-refractivity contribution in [1.29, 1.82) is 0 Å². The highest BCUT2D eigenvalue weighted by atomic mass is 32.2. The Labute approximate surface area is 119 Å². The van der Waals surface area contributed by atoms with Gasteiger partial charge in [0.05, 0.1) is 11.8 Å². The van der Waals surface area contributed by atoms with Gasteiger partial charge in [-0.15, -0.1) is 0 Å². The first-order valence-corrected chi connectivity index (χ1v) is 8.58. The molecule has 1 amide bonds. The average molecular weight is 275 g/mol. The number of thioether (sulfide) groups is 1. The van der Waals surface area contributed by atoms with E-state index in [-0.39, 0.29) is 0 Å². The van der Waals surface area contributed by atoms with E-state index in [0.717, 1.165) is 6.42 Å². The Morgan fingerprint density at radius 2 is 2.11 bits per heavy atom. The molecule has 3 rings (SSSR count). The topological polar surface area (TPSA) is 20.3 Å². The Balaban J connectivity index is 1.89. The first-order chi connectivity index (χ1) is 9.31. The van der Waals surface area contributed by atoms with Crippen molar-refractivity contribution >= 4 is 17.7 Å². The smallest absolute Gasteiger partial charge is 0.233 e. The van der Waals surface area contributed by atoms with Gasteiger partial charge in [-0.25, -0.2) is 0 Å². The molecule has 19 heavy (non-hydrogen) atoms. The van der Waals surface area contributed by atoms with Crippen LogP contribution < -0.4 is 0 Å². The van der Waals surface area contributed by atoms with E-state index in [0.29, 0.717) is 23.7 Å². The fraction of sp³-hybridized carbons (Fsp3) is 0.562. The molecule has 0 radical (unpaired) electrons. The van der Waals surface area contributed by atoms with Crippen LogP contribution in [-0.2, 0) is 11.2 Å². The van der Waals surface area contributed by atoms with Gasteiger partial charge >= 0.3 is 0 Å². The third kappa shape index (κ3) is 2.66. The maximum absolute atomic E-state index is 12.4. The van der Waals surface area contributed by atoms with Crippen LogP contribution >= 0.6 is 11.8 Å². The maximum atomic E-state index is 12.4. The zero-order valence-corrected chi connectivity index (χ0v) is 12.3. The van der Waals surface area contributed by atoms with Gasteiger partial charge in [-0.1, -0.05) is 24.3 Å². The fourth-order valence-electron chi connectivity index (χ4n) is 3.20. The van der Waals surface area contributed by atoms with Crippen molar-refractivity contribution < 1.29 is 4.79 Å². The van der Waals surface area contributed by atoms with Crippen LogP contribution in [0.15, 0.2) is 24.3 Å². The van der Waals surface area contributed by atoms with Gasteiger partial charge in [0, 0.05) is 6.04 Å². The number of amides is 1. The molecule has 0 bridgehead atoms. The summed E-state index contributed by atoms with van der Waals surface area (Å²) in [6, 6.07) is 9.52. The number of nitrogens with zero attached hydrogens (tertiary/aromatic N) is 1. The number of hydrogen-bond acceptors (Lipinski definition) is 2. The summed E-state index contributed by atoms with van der Waals surface area (Å²) in [5, 5.41) is 0. The monoisotopic (exact) mass is 275 g/mol. The second-order valence-corrected chi connectivity index (χ2v) is 6.44. The van der Waals surface area contributed by atoms with Crippen LogP contribution in [0.2, 0.25) is 0 Å². The van der Waals surface area contributed by atoms with Crippen molar-refractivity contribution in [2.24, 2.45) is 0 Å². The second-order valence-electron chi connectivity index (χ2n) is 5.57. The molecule has 1 atom stereocenters. The molecule has 102 valence electrons. The summed E-state index contributed by atoms with van der Waals surface area (Å²) < 4.78 is 0. The molecule has 2 aliphatic carbocycles. The molecule has 1 saturated carbocycles. The van der Waals surface area contributed by atoms with Gasteiger partial charge in [-0.05, 0) is 49.5 Å². The van der Waals surface area contributed by atoms with Crippen molar-refractivity contribution in [2.45, 2.75) is 44.2 Å². The minimum atomic E-state index is 0.330. The van der Waals surface area contributed by atoms with Crippen LogP contribution in [0.3, 0.4) is 0 Å². The Kier molecular flexibility index (Phi) is 3.83. The van der Waals surface area contributed by atoms with Crippen molar-refractivity contribution in [3.05, 3.63) is 35.4 Å². The Hall–Kier alpha value is -0.960. The number of rotatable bonds is 4. The molecule has 1 unspecified atom stereocenters. The van der Waals surface area contributed by atoms with Gasteiger partial charge in [0.1, 0.15) is 0 Å². The van der Waals surface area contributed by atoms with Crippen molar-refractivity contribution in [3.63, 3.8) is 0 Å². The molecule has 0 spiro atoms. The van der Waals surface area contributed by atoms with Gasteiger partial charge in [-0.3, -0.25) is 4.79 Å². The molecule has 1 aromatic rings. The molecule has 3 heteroatoms. The van der Waals surface area contributed by atoms with Crippen LogP contribution in [0.25, 0.3) is 0 Å². The number of carbonyl (C=O) groups excluding carboxylic acids is 1. The zero-order chi connectivity index (χ0) is 13.2. The minimum absolute atomic E-state index is 0.330. The van der Waals surface area contributed by atoms with E-state index in [4.69, 9.17) is 0 Å². The normalized spacial score (nSPS) is 21.8. The quantitative estimate of drug-likeness (QED) is 0.839. The zero-order valence-electron chi connectivity index (χ0n) is 11.5. The Morgan fingerprint density at radius 1 is 1.32 bits per heavy atom. The third-order valence-electron chi connectivity index (χ3n) is 4.17. The SMILES string of the molecule is CSCC(=O)N(C1CC1)C1CCCc2ccccc21. The largest absolute Gasteiger partial charge is 0.332 e. The molecule has 2 aliphatic rings. The molecule has 2 nitrogen and oxygen atoms in total. The highest BCUT2D eigenvalue weighted by Crippen LogP contribution is 2.40. The summed E-state index contributed by atoms with van der Waals surface area (Å²) in [5.41, 5.74) is 2.84. The molecular weight excluding hydrogens is 254 g/mol. The summed E-state index contributed by atoms with van der Waals surface area (Å²) in [7, 11) is 0. The molecule has 0 heterocycles. The van der Waals surface area contributed by atoms with Gasteiger partial charge < -0.3 is 4.90 Å². The number of fused-ring (bicyclic) bond motifs is 1. The molecule has 0 aromatic heterocycles. The van der Waals surface area contributed by atoms with E-state index in [1.54, 1.807) is 11.8 Å². The number of carbonyl (C=O) groups is 1. The Bertz CT molecular complexity index is 470. The van der Waals surface area contributed by atoms with E-state index in [1.165, 1.54) is 36.8 Å². The molecule has 1 fully saturated rings. The maximum Gasteiger partial charge on any atom is 0.233 e. The predicted octanol–water partition coefficient (Wildman–Crippen LogP) is 3.42. The van der Waals surface area contributed by atoms with Crippen LogP contribution in [0.4, 0.5) is 0 Å². The summed E-state index contributed by atoms with van der Waals surface area (Å²) >= 11 is 1.64. The Morgan fingerprint density at radius 3 is 2.84 bits per heavy atom. The molecule has 1 aromatic carbocycles. The fourth-order valence-corrected chi connectivity index (χ4v) is 3.60. The van der Waals surface area contributed by atoms with E-state index in [2.05, 4.69) is 29.2 Å². The summed E-state index contributed by atoms with van der Waals surface area (Å²) in [5.74, 6) is 0.950. The number of benzene rings is 1. The minimum Gasteiger partial charge on any atom is -0.332 e. The van der Waals surface area contributed by atoms with E-state index >= 15 is 0 Å². The van der Waals surface area contributed by atoms with Crippen LogP contribution in [0, 0.1) is 0 Å². The number of hydrogen-bond donors (Lipinski definition) is 0. The van der Waals surface area contributed by atoms with Crippen LogP contribution in [0.1, 0.15) is 42.9 Å². The lowest BCUT2D eigenvalue weighted by Gasteiger charge is -2.36. The lowest BCUT2D eigenvalue weighted by molar-refractivity contribution is -0.131. The molecule has 0 saturated heterocycles. The summed E-state index contributed by atoms with van der Waals surface area (Å²) in [4.78, 5) is 14.6. The first-order valence-electron chi connectivity index (χ1n) is 7.19. The highest BCUT2D eigenvalue weighted by molar-refractivity contribution is 7.99. The van der Waals surface area contributed by atoms with E-state index < -0.39 is 0 Å². The number of aryl methyl sites for hydroxylation is 1. The summed E-state index contributed by atoms with van der Waals surface area (Å²) in [6.07, 6.45) is 7.91. The van der Waals surface area contributed by atoms with Crippen molar-refractivity contribution in [2.75, 3.05) is 12.0 Å². The van der Waals surface area contributed by atoms with Gasteiger partial charge in [0.2, 0.25) is 5.91 Å². The summed E-state index contributed by atoms with van der Waals surface area (Å²) in [6.45, 7) is 0. The van der Waals surface area contributed by atoms with E-state index in [9.17, 15) is 4.79 Å². The second kappa shape index (κ2) is 5.58. The van der Waals surface area contributed by atoms with Crippen molar-refractivity contribution in [3.8, 4) is 0 Å². The first kappa shape index (κ1) is 13.0. The highest BCUT2D eigenvalue weighted by Gasteiger charge is 2.38.